The average molecular weight is 301 g/mol. The van der Waals surface area contributed by atoms with Crippen LogP contribution in [0, 0.1) is 0 Å². The number of hydrogen-bond acceptors (Lipinski definition) is 2. The van der Waals surface area contributed by atoms with E-state index in [0.29, 0.717) is 11.1 Å². The molecular weight excluding hydrogens is 280 g/mol. The van der Waals surface area contributed by atoms with E-state index in [1.807, 2.05) is 12.1 Å². The van der Waals surface area contributed by atoms with Crippen molar-refractivity contribution in [3.63, 3.8) is 0 Å². The Labute approximate surface area is 131 Å². The number of halogens is 1. The Morgan fingerprint density at radius 1 is 1.10 bits per heavy atom. The lowest BCUT2D eigenvalue weighted by Gasteiger charge is -2.31. The molecule has 21 heavy (non-hydrogen) atoms. The van der Waals surface area contributed by atoms with Gasteiger partial charge in [-0.2, -0.15) is 0 Å². The molecule has 1 aliphatic carbocycles. The molecule has 1 aromatic carbocycles. The lowest BCUT2D eigenvalue weighted by atomic mass is 9.75. The predicted molar refractivity (Wildman–Crippen MR) is 86.8 cm³/mol. The summed E-state index contributed by atoms with van der Waals surface area (Å²) in [4.78, 5) is 9.48. The number of rotatable bonds is 5. The molecule has 0 atom stereocenters. The van der Waals surface area contributed by atoms with Crippen LogP contribution in [0.25, 0.3) is 0 Å². The maximum atomic E-state index is 6.28. The van der Waals surface area contributed by atoms with Crippen molar-refractivity contribution in [1.82, 2.24) is 9.97 Å². The van der Waals surface area contributed by atoms with E-state index in [9.17, 15) is 0 Å². The summed E-state index contributed by atoms with van der Waals surface area (Å²) in [5, 5.41) is 0.573. The second-order valence-corrected chi connectivity index (χ2v) is 6.26. The Kier molecular flexibility index (Phi) is 3.99. The van der Waals surface area contributed by atoms with E-state index < -0.39 is 0 Å². The number of nitrogens with zero attached hydrogens (tertiary/aromatic N) is 2. The highest BCUT2D eigenvalue weighted by Gasteiger charge is 2.35. The molecule has 0 radical (unpaired) electrons. The van der Waals surface area contributed by atoms with E-state index in [1.165, 1.54) is 18.4 Å². The van der Waals surface area contributed by atoms with Gasteiger partial charge in [0, 0.05) is 11.6 Å². The van der Waals surface area contributed by atoms with Gasteiger partial charge in [-0.15, -0.1) is 0 Å². The van der Waals surface area contributed by atoms with E-state index in [2.05, 4.69) is 43.1 Å². The van der Waals surface area contributed by atoms with Crippen LogP contribution in [0.15, 0.2) is 36.4 Å². The summed E-state index contributed by atoms with van der Waals surface area (Å²) in [6.07, 6.45) is 4.39. The molecular formula is C18H21ClN2. The van der Waals surface area contributed by atoms with Gasteiger partial charge in [0.2, 0.25) is 0 Å². The maximum absolute atomic E-state index is 6.28. The molecule has 0 aliphatic heterocycles. The highest BCUT2D eigenvalue weighted by molar-refractivity contribution is 6.29. The minimum absolute atomic E-state index is 0.143. The summed E-state index contributed by atoms with van der Waals surface area (Å²) in [6, 6.07) is 12.5. The topological polar surface area (TPSA) is 25.8 Å². The molecule has 0 unspecified atom stereocenters. The number of benzene rings is 1. The highest BCUT2D eigenvalue weighted by atomic mass is 35.5. The minimum atomic E-state index is -0.143. The van der Waals surface area contributed by atoms with Gasteiger partial charge in [-0.25, -0.2) is 9.97 Å². The first kappa shape index (κ1) is 14.5. The van der Waals surface area contributed by atoms with Crippen LogP contribution in [0.3, 0.4) is 0 Å². The van der Waals surface area contributed by atoms with Gasteiger partial charge in [-0.05, 0) is 37.3 Å². The van der Waals surface area contributed by atoms with Crippen LogP contribution in [0.1, 0.15) is 62.5 Å². The van der Waals surface area contributed by atoms with Crippen LogP contribution in [-0.2, 0) is 5.41 Å². The number of hydrogen-bond donors (Lipinski definition) is 0. The van der Waals surface area contributed by atoms with Crippen LogP contribution in [-0.4, -0.2) is 9.97 Å². The average Bonchev–Trinajstić information content (AvgIpc) is 3.34. The molecule has 0 saturated heterocycles. The van der Waals surface area contributed by atoms with Gasteiger partial charge in [0.15, 0.2) is 0 Å². The zero-order valence-corrected chi connectivity index (χ0v) is 13.4. The lowest BCUT2D eigenvalue weighted by molar-refractivity contribution is 0.447. The maximum Gasteiger partial charge on any atom is 0.140 e. The van der Waals surface area contributed by atoms with Gasteiger partial charge < -0.3 is 0 Å². The van der Waals surface area contributed by atoms with Crippen molar-refractivity contribution in [2.24, 2.45) is 0 Å². The van der Waals surface area contributed by atoms with E-state index in [1.54, 1.807) is 0 Å². The fraction of sp³-hybridized carbons (Fsp3) is 0.444. The Balaban J connectivity index is 2.13. The van der Waals surface area contributed by atoms with Crippen molar-refractivity contribution >= 4 is 11.6 Å². The molecule has 0 spiro atoms. The van der Waals surface area contributed by atoms with Gasteiger partial charge in [0.1, 0.15) is 11.0 Å². The Morgan fingerprint density at radius 3 is 2.33 bits per heavy atom. The van der Waals surface area contributed by atoms with Crippen LogP contribution in [0.4, 0.5) is 0 Å². The first-order chi connectivity index (χ1) is 10.2. The number of aromatic nitrogens is 2. The van der Waals surface area contributed by atoms with Gasteiger partial charge in [0.25, 0.3) is 0 Å². The first-order valence-corrected chi connectivity index (χ1v) is 8.18. The summed E-state index contributed by atoms with van der Waals surface area (Å²) < 4.78 is 0. The van der Waals surface area contributed by atoms with Crippen LogP contribution in [0.2, 0.25) is 5.15 Å². The summed E-state index contributed by atoms with van der Waals surface area (Å²) in [5.74, 6) is 1.47. The fourth-order valence-corrected chi connectivity index (χ4v) is 3.29. The SMILES string of the molecule is CCC(CC)(c1ccccc1)c1nc(Cl)cc(C2CC2)n1. The largest absolute Gasteiger partial charge is 0.237 e. The van der Waals surface area contributed by atoms with E-state index in [0.717, 1.165) is 24.4 Å². The Morgan fingerprint density at radius 2 is 1.76 bits per heavy atom. The van der Waals surface area contributed by atoms with Crippen LogP contribution >= 0.6 is 11.6 Å². The van der Waals surface area contributed by atoms with Gasteiger partial charge in [-0.1, -0.05) is 55.8 Å². The molecule has 0 N–H and O–H groups in total. The minimum Gasteiger partial charge on any atom is -0.237 e. The zero-order valence-electron chi connectivity index (χ0n) is 12.6. The lowest BCUT2D eigenvalue weighted by Crippen LogP contribution is -2.29. The third-order valence-electron chi connectivity index (χ3n) is 4.67. The second kappa shape index (κ2) is 5.76. The monoisotopic (exact) mass is 300 g/mol. The third-order valence-corrected chi connectivity index (χ3v) is 4.87. The van der Waals surface area contributed by atoms with E-state index >= 15 is 0 Å². The molecule has 1 fully saturated rings. The summed E-state index contributed by atoms with van der Waals surface area (Å²) >= 11 is 6.28. The van der Waals surface area contributed by atoms with Gasteiger partial charge in [0.05, 0.1) is 5.41 Å². The Hall–Kier alpha value is -1.41. The molecule has 1 aromatic heterocycles. The van der Waals surface area contributed by atoms with Crippen molar-refractivity contribution in [3.05, 3.63) is 58.6 Å². The standard InChI is InChI=1S/C18H21ClN2/c1-3-18(4-2,14-8-6-5-7-9-14)17-20-15(13-10-11-13)12-16(19)21-17/h5-9,12-13H,3-4,10-11H2,1-2H3. The normalized spacial score (nSPS) is 15.2. The van der Waals surface area contributed by atoms with Crippen molar-refractivity contribution in [2.75, 3.05) is 0 Å². The van der Waals surface area contributed by atoms with Crippen molar-refractivity contribution in [1.29, 1.82) is 0 Å². The molecule has 2 nitrogen and oxygen atoms in total. The molecule has 1 saturated carbocycles. The predicted octanol–water partition coefficient (Wildman–Crippen LogP) is 5.11. The molecule has 110 valence electrons. The third kappa shape index (κ3) is 2.69. The molecule has 3 heteroatoms. The Bertz CT molecular complexity index is 616. The van der Waals surface area contributed by atoms with Crippen molar-refractivity contribution in [3.8, 4) is 0 Å². The van der Waals surface area contributed by atoms with Gasteiger partial charge in [-0.3, -0.25) is 0 Å². The molecule has 2 aromatic rings. The zero-order chi connectivity index (χ0) is 14.9. The quantitative estimate of drug-likeness (QED) is 0.717. The molecule has 0 bridgehead atoms. The summed E-state index contributed by atoms with van der Waals surface area (Å²) in [5.41, 5.74) is 2.25. The second-order valence-electron chi connectivity index (χ2n) is 5.87. The van der Waals surface area contributed by atoms with Crippen LogP contribution < -0.4 is 0 Å². The van der Waals surface area contributed by atoms with E-state index in [-0.39, 0.29) is 5.41 Å². The first-order valence-electron chi connectivity index (χ1n) is 7.80. The fourth-order valence-electron chi connectivity index (χ4n) is 3.10. The van der Waals surface area contributed by atoms with Crippen molar-refractivity contribution in [2.45, 2.75) is 50.9 Å². The smallest absolute Gasteiger partial charge is 0.140 e. The van der Waals surface area contributed by atoms with Crippen LogP contribution in [0.5, 0.6) is 0 Å². The summed E-state index contributed by atoms with van der Waals surface area (Å²) in [7, 11) is 0. The molecule has 0 amide bonds. The van der Waals surface area contributed by atoms with Gasteiger partial charge >= 0.3 is 0 Å². The highest BCUT2D eigenvalue weighted by Crippen LogP contribution is 2.42. The summed E-state index contributed by atoms with van der Waals surface area (Å²) in [6.45, 7) is 4.41. The molecule has 3 rings (SSSR count). The van der Waals surface area contributed by atoms with Crippen molar-refractivity contribution < 1.29 is 0 Å². The molecule has 1 heterocycles. The van der Waals surface area contributed by atoms with E-state index in [4.69, 9.17) is 16.6 Å². The molecule has 1 aliphatic rings.